The minimum absolute atomic E-state index is 0. The van der Waals surface area contributed by atoms with Crippen molar-refractivity contribution in [1.82, 2.24) is 0 Å². The summed E-state index contributed by atoms with van der Waals surface area (Å²) < 4.78 is 0. The molecule has 0 atom stereocenters. The zero-order valence-electron chi connectivity index (χ0n) is 3.57. The van der Waals surface area contributed by atoms with E-state index in [0.717, 1.165) is 0 Å². The van der Waals surface area contributed by atoms with Crippen LogP contribution in [0.2, 0.25) is 0 Å². The van der Waals surface area contributed by atoms with Crippen molar-refractivity contribution in [3.05, 3.63) is 0 Å². The third kappa shape index (κ3) is 228. The van der Waals surface area contributed by atoms with Crippen LogP contribution in [0.15, 0.2) is 0 Å². The molecule has 0 fully saturated rings. The van der Waals surface area contributed by atoms with E-state index in [4.69, 9.17) is 18.8 Å². The molecule has 0 amide bonds. The molecule has 0 saturated heterocycles. The molecule has 10 N–H and O–H groups in total. The summed E-state index contributed by atoms with van der Waals surface area (Å²) in [5.41, 5.74) is 0. The molecule has 0 unspecified atom stereocenters. The predicted molar refractivity (Wildman–Crippen MR) is 29.8 cm³/mol. The van der Waals surface area contributed by atoms with Gasteiger partial charge in [-0.1, -0.05) is 0 Å². The zero-order chi connectivity index (χ0) is 2.71. The van der Waals surface area contributed by atoms with Crippen LogP contribution in [-0.4, -0.2) is 27.4 Å². The summed E-state index contributed by atoms with van der Waals surface area (Å²) in [6.07, 6.45) is 0. The monoisotopic (exact) mass is 355 g/mol. The standard InChI is InChI=1S/2ClH.5H2O.Pt/h2*1H;5*1H2;/q;;;;;;;+2/p-2. The van der Waals surface area contributed by atoms with E-state index >= 15 is 0 Å². The van der Waals surface area contributed by atoms with E-state index in [9.17, 15) is 0 Å². The van der Waals surface area contributed by atoms with E-state index in [1.807, 2.05) is 0 Å². The Bertz CT molecular complexity index is 10.4. The summed E-state index contributed by atoms with van der Waals surface area (Å²) in [6, 6.07) is 0. The van der Waals surface area contributed by atoms with E-state index in [-0.39, 0.29) is 27.4 Å². The molecule has 0 aliphatic carbocycles. The van der Waals surface area contributed by atoms with Crippen LogP contribution in [0.5, 0.6) is 0 Å². The molecule has 0 bridgehead atoms. The minimum atomic E-state index is -0.472. The summed E-state index contributed by atoms with van der Waals surface area (Å²) >= 11 is -0.472. The molecular formula is H10Cl2O5Pt. The Balaban J connectivity index is -0.00000000200. The summed E-state index contributed by atoms with van der Waals surface area (Å²) in [4.78, 5) is 0. The van der Waals surface area contributed by atoms with Crippen molar-refractivity contribution in [3.63, 3.8) is 0 Å². The molecule has 0 spiro atoms. The van der Waals surface area contributed by atoms with Crippen molar-refractivity contribution in [1.29, 1.82) is 0 Å². The first-order chi connectivity index (χ1) is 1.41. The van der Waals surface area contributed by atoms with E-state index in [1.54, 1.807) is 0 Å². The van der Waals surface area contributed by atoms with Crippen LogP contribution in [0, 0.1) is 0 Å². The van der Waals surface area contributed by atoms with Crippen LogP contribution < -0.4 is 0 Å². The third-order valence-corrected chi connectivity index (χ3v) is 0. The molecule has 0 rings (SSSR count). The van der Waals surface area contributed by atoms with Crippen LogP contribution in [0.3, 0.4) is 0 Å². The van der Waals surface area contributed by atoms with Crippen LogP contribution in [0.4, 0.5) is 0 Å². The summed E-state index contributed by atoms with van der Waals surface area (Å²) in [5, 5.41) is 0. The Hall–Kier alpha value is 1.07. The van der Waals surface area contributed by atoms with Crippen LogP contribution in [-0.2, 0) is 16.5 Å². The molecule has 0 aromatic rings. The van der Waals surface area contributed by atoms with Crippen molar-refractivity contribution < 1.29 is 43.9 Å². The number of halogens is 2. The van der Waals surface area contributed by atoms with Gasteiger partial charge in [0.15, 0.2) is 0 Å². The van der Waals surface area contributed by atoms with Crippen LogP contribution in [0.1, 0.15) is 0 Å². The molecule has 8 heteroatoms. The van der Waals surface area contributed by atoms with Gasteiger partial charge in [-0.3, -0.25) is 0 Å². The Labute approximate surface area is 62.9 Å². The van der Waals surface area contributed by atoms with Gasteiger partial charge >= 0.3 is 35.3 Å². The van der Waals surface area contributed by atoms with Gasteiger partial charge < -0.3 is 27.4 Å². The van der Waals surface area contributed by atoms with Crippen molar-refractivity contribution in [2.24, 2.45) is 0 Å². The molecule has 0 aromatic heterocycles. The second kappa shape index (κ2) is 94.2. The first kappa shape index (κ1) is 62.7. The summed E-state index contributed by atoms with van der Waals surface area (Å²) in [6.45, 7) is 0. The molecule has 8 heavy (non-hydrogen) atoms. The fraction of sp³-hybridized carbons (Fsp3) is 0. The number of rotatable bonds is 0. The molecule has 0 radical (unpaired) electrons. The second-order valence-electron chi connectivity index (χ2n) is 0.0452. The van der Waals surface area contributed by atoms with E-state index < -0.39 is 16.5 Å². The van der Waals surface area contributed by atoms with Gasteiger partial charge in [-0.25, -0.2) is 0 Å². The van der Waals surface area contributed by atoms with Gasteiger partial charge in [0.1, 0.15) is 0 Å². The van der Waals surface area contributed by atoms with Crippen molar-refractivity contribution in [2.45, 2.75) is 0 Å². The Kier molecular flexibility index (Phi) is 739. The first-order valence-electron chi connectivity index (χ1n) is 0.239. The quantitative estimate of drug-likeness (QED) is 0.441. The van der Waals surface area contributed by atoms with Crippen LogP contribution >= 0.6 is 18.8 Å². The average molecular weight is 356 g/mol. The van der Waals surface area contributed by atoms with Gasteiger partial charge in [0.25, 0.3) is 0 Å². The fourth-order valence-electron chi connectivity index (χ4n) is 0. The molecular weight excluding hydrogens is 346 g/mol. The van der Waals surface area contributed by atoms with Crippen molar-refractivity contribution in [2.75, 3.05) is 0 Å². The van der Waals surface area contributed by atoms with Gasteiger partial charge in [-0.05, 0) is 0 Å². The molecule has 0 heterocycles. The first-order valence-corrected chi connectivity index (χ1v) is 5.87. The number of hydrogen-bond donors (Lipinski definition) is 0. The Morgan fingerprint density at radius 1 is 0.625 bits per heavy atom. The molecule has 64 valence electrons. The van der Waals surface area contributed by atoms with E-state index in [0.29, 0.717) is 0 Å². The SMILES string of the molecule is O.O.O.O.O.[Cl][Pt][Cl]. The van der Waals surface area contributed by atoms with E-state index in [2.05, 4.69) is 0 Å². The van der Waals surface area contributed by atoms with Gasteiger partial charge in [-0.15, -0.1) is 0 Å². The third-order valence-electron chi connectivity index (χ3n) is 0. The van der Waals surface area contributed by atoms with Gasteiger partial charge in [0.2, 0.25) is 0 Å². The maximum absolute atomic E-state index is 4.88. The summed E-state index contributed by atoms with van der Waals surface area (Å²) in [7, 11) is 9.75. The Morgan fingerprint density at radius 2 is 0.625 bits per heavy atom. The molecule has 0 aliphatic rings. The van der Waals surface area contributed by atoms with Crippen molar-refractivity contribution in [3.8, 4) is 0 Å². The zero-order valence-corrected chi connectivity index (χ0v) is 7.36. The molecule has 0 saturated carbocycles. The summed E-state index contributed by atoms with van der Waals surface area (Å²) in [5.74, 6) is 0. The fourth-order valence-corrected chi connectivity index (χ4v) is 0. The normalized spacial score (nSPS) is 2.75. The van der Waals surface area contributed by atoms with Gasteiger partial charge in [0.05, 0.1) is 0 Å². The topological polar surface area (TPSA) is 158 Å². The average Bonchev–Trinajstić information content (AvgIpc) is 0.918. The Morgan fingerprint density at radius 3 is 0.625 bits per heavy atom. The molecule has 0 aromatic carbocycles. The van der Waals surface area contributed by atoms with Gasteiger partial charge in [-0.2, -0.15) is 0 Å². The second-order valence-corrected chi connectivity index (χ2v) is 3.33. The van der Waals surface area contributed by atoms with Crippen LogP contribution in [0.25, 0.3) is 0 Å². The predicted octanol–water partition coefficient (Wildman–Crippen LogP) is -2.75. The van der Waals surface area contributed by atoms with Crippen molar-refractivity contribution >= 4 is 18.8 Å². The van der Waals surface area contributed by atoms with Gasteiger partial charge in [0, 0.05) is 0 Å². The molecule has 0 aliphatic heterocycles. The molecule has 5 nitrogen and oxygen atoms in total. The van der Waals surface area contributed by atoms with E-state index in [1.165, 1.54) is 0 Å². The number of hydrogen-bond acceptors (Lipinski definition) is 0. The maximum atomic E-state index is 4.88.